The summed E-state index contributed by atoms with van der Waals surface area (Å²) in [5.41, 5.74) is 1.18. The summed E-state index contributed by atoms with van der Waals surface area (Å²) in [6, 6.07) is 8.05. The van der Waals surface area contributed by atoms with Crippen molar-refractivity contribution in [2.24, 2.45) is 5.92 Å². The van der Waals surface area contributed by atoms with Crippen LogP contribution in [0.15, 0.2) is 24.3 Å². The maximum atomic E-state index is 11.0. The Bertz CT molecular complexity index is 405. The van der Waals surface area contributed by atoms with E-state index in [0.717, 1.165) is 37.3 Å². The normalized spacial score (nSPS) is 23.8. The smallest absolute Gasteiger partial charge is 0.306 e. The summed E-state index contributed by atoms with van der Waals surface area (Å²) in [5.74, 6) is -0.838. The second-order valence-electron chi connectivity index (χ2n) is 4.91. The minimum atomic E-state index is -0.659. The molecular formula is C14H18ClNO2. The molecule has 1 aliphatic carbocycles. The Morgan fingerprint density at radius 2 is 2.06 bits per heavy atom. The third-order valence-corrected chi connectivity index (χ3v) is 3.78. The second kappa shape index (κ2) is 6.21. The van der Waals surface area contributed by atoms with Crippen LogP contribution >= 0.6 is 11.6 Å². The number of carbonyl (C=O) groups is 1. The highest BCUT2D eigenvalue weighted by molar-refractivity contribution is 6.30. The molecule has 0 spiro atoms. The van der Waals surface area contributed by atoms with E-state index in [9.17, 15) is 4.79 Å². The Labute approximate surface area is 112 Å². The van der Waals surface area contributed by atoms with E-state index in [1.807, 2.05) is 24.3 Å². The molecule has 1 aliphatic rings. The standard InChI is InChI=1S/C14H18ClNO2/c15-12-6-4-10(5-7-12)9-16-13-3-1-2-11(8-13)14(17)18/h4-7,11,13,16H,1-3,8-9H2,(H,17,18). The van der Waals surface area contributed by atoms with Crippen LogP contribution in [0, 0.1) is 5.92 Å². The van der Waals surface area contributed by atoms with Gasteiger partial charge in [0.15, 0.2) is 0 Å². The highest BCUT2D eigenvalue weighted by Crippen LogP contribution is 2.24. The largest absolute Gasteiger partial charge is 0.481 e. The molecule has 2 rings (SSSR count). The van der Waals surface area contributed by atoms with Crippen molar-refractivity contribution >= 4 is 17.6 Å². The van der Waals surface area contributed by atoms with Gasteiger partial charge >= 0.3 is 5.97 Å². The van der Waals surface area contributed by atoms with Crippen LogP contribution in [-0.2, 0) is 11.3 Å². The Balaban J connectivity index is 1.82. The van der Waals surface area contributed by atoms with Crippen molar-refractivity contribution in [1.29, 1.82) is 0 Å². The van der Waals surface area contributed by atoms with Crippen LogP contribution in [0.2, 0.25) is 5.02 Å². The predicted molar refractivity (Wildman–Crippen MR) is 71.7 cm³/mol. The number of carboxylic acids is 1. The molecule has 1 saturated carbocycles. The summed E-state index contributed by atoms with van der Waals surface area (Å²) in [6.07, 6.45) is 3.62. The van der Waals surface area contributed by atoms with Gasteiger partial charge in [0.25, 0.3) is 0 Å². The van der Waals surface area contributed by atoms with Crippen molar-refractivity contribution in [2.75, 3.05) is 0 Å². The van der Waals surface area contributed by atoms with Gasteiger partial charge in [0.2, 0.25) is 0 Å². The average molecular weight is 268 g/mol. The Morgan fingerprint density at radius 3 is 2.72 bits per heavy atom. The van der Waals surface area contributed by atoms with Crippen LogP contribution in [-0.4, -0.2) is 17.1 Å². The lowest BCUT2D eigenvalue weighted by atomic mass is 9.86. The van der Waals surface area contributed by atoms with Crippen LogP contribution in [0.4, 0.5) is 0 Å². The maximum Gasteiger partial charge on any atom is 0.306 e. The minimum Gasteiger partial charge on any atom is -0.481 e. The molecule has 3 nitrogen and oxygen atoms in total. The quantitative estimate of drug-likeness (QED) is 0.881. The van der Waals surface area contributed by atoms with E-state index in [2.05, 4.69) is 5.32 Å². The van der Waals surface area contributed by atoms with Crippen molar-refractivity contribution in [2.45, 2.75) is 38.3 Å². The summed E-state index contributed by atoms with van der Waals surface area (Å²) < 4.78 is 0. The Kier molecular flexibility index (Phi) is 4.61. The van der Waals surface area contributed by atoms with Crippen molar-refractivity contribution in [3.8, 4) is 0 Å². The molecule has 4 heteroatoms. The molecule has 1 aromatic rings. The first kappa shape index (κ1) is 13.4. The van der Waals surface area contributed by atoms with Gasteiger partial charge in [-0.3, -0.25) is 4.79 Å². The van der Waals surface area contributed by atoms with Gasteiger partial charge in [-0.25, -0.2) is 0 Å². The SMILES string of the molecule is O=C(O)C1CCCC(NCc2ccc(Cl)cc2)C1. The minimum absolute atomic E-state index is 0.179. The molecule has 0 amide bonds. The zero-order chi connectivity index (χ0) is 13.0. The summed E-state index contributed by atoms with van der Waals surface area (Å²) in [5, 5.41) is 13.2. The first-order valence-electron chi connectivity index (χ1n) is 6.36. The van der Waals surface area contributed by atoms with Crippen LogP contribution in [0.5, 0.6) is 0 Å². The Morgan fingerprint density at radius 1 is 1.33 bits per heavy atom. The monoisotopic (exact) mass is 267 g/mol. The van der Waals surface area contributed by atoms with Gasteiger partial charge in [0.1, 0.15) is 0 Å². The Hall–Kier alpha value is -1.06. The van der Waals surface area contributed by atoms with Gasteiger partial charge < -0.3 is 10.4 Å². The summed E-state index contributed by atoms with van der Waals surface area (Å²) >= 11 is 5.83. The van der Waals surface area contributed by atoms with E-state index in [0.29, 0.717) is 6.04 Å². The molecule has 18 heavy (non-hydrogen) atoms. The average Bonchev–Trinajstić information content (AvgIpc) is 2.38. The molecule has 2 N–H and O–H groups in total. The fraction of sp³-hybridized carbons (Fsp3) is 0.500. The number of benzene rings is 1. The van der Waals surface area contributed by atoms with E-state index < -0.39 is 5.97 Å². The van der Waals surface area contributed by atoms with Gasteiger partial charge in [-0.2, -0.15) is 0 Å². The maximum absolute atomic E-state index is 11.0. The molecule has 2 unspecified atom stereocenters. The number of hydrogen-bond donors (Lipinski definition) is 2. The zero-order valence-corrected chi connectivity index (χ0v) is 11.0. The van der Waals surface area contributed by atoms with E-state index in [-0.39, 0.29) is 5.92 Å². The number of hydrogen-bond acceptors (Lipinski definition) is 2. The summed E-state index contributed by atoms with van der Waals surface area (Å²) in [6.45, 7) is 0.772. The van der Waals surface area contributed by atoms with Crippen LogP contribution in [0.25, 0.3) is 0 Å². The molecule has 0 heterocycles. The summed E-state index contributed by atoms with van der Waals surface area (Å²) in [4.78, 5) is 11.0. The molecule has 0 aliphatic heterocycles. The van der Waals surface area contributed by atoms with E-state index >= 15 is 0 Å². The first-order valence-corrected chi connectivity index (χ1v) is 6.73. The highest BCUT2D eigenvalue weighted by Gasteiger charge is 2.26. The predicted octanol–water partition coefficient (Wildman–Crippen LogP) is 3.07. The van der Waals surface area contributed by atoms with E-state index in [1.165, 1.54) is 5.56 Å². The number of rotatable bonds is 4. The van der Waals surface area contributed by atoms with Gasteiger partial charge in [-0.1, -0.05) is 30.2 Å². The number of halogens is 1. The van der Waals surface area contributed by atoms with Gasteiger partial charge in [-0.05, 0) is 37.0 Å². The van der Waals surface area contributed by atoms with Crippen molar-refractivity contribution < 1.29 is 9.90 Å². The van der Waals surface area contributed by atoms with Gasteiger partial charge in [-0.15, -0.1) is 0 Å². The lowest BCUT2D eigenvalue weighted by Gasteiger charge is -2.27. The van der Waals surface area contributed by atoms with Crippen molar-refractivity contribution in [3.63, 3.8) is 0 Å². The second-order valence-corrected chi connectivity index (χ2v) is 5.34. The van der Waals surface area contributed by atoms with Crippen molar-refractivity contribution in [3.05, 3.63) is 34.9 Å². The van der Waals surface area contributed by atoms with Gasteiger partial charge in [0.05, 0.1) is 5.92 Å². The molecule has 0 saturated heterocycles. The van der Waals surface area contributed by atoms with Crippen LogP contribution < -0.4 is 5.32 Å². The molecule has 1 aromatic carbocycles. The molecule has 1 fully saturated rings. The van der Waals surface area contributed by atoms with Crippen molar-refractivity contribution in [1.82, 2.24) is 5.32 Å². The number of aliphatic carboxylic acids is 1. The first-order chi connectivity index (χ1) is 8.65. The molecule has 0 aromatic heterocycles. The third-order valence-electron chi connectivity index (χ3n) is 3.53. The third kappa shape index (κ3) is 3.72. The van der Waals surface area contributed by atoms with E-state index in [4.69, 9.17) is 16.7 Å². The zero-order valence-electron chi connectivity index (χ0n) is 10.2. The van der Waals surface area contributed by atoms with Crippen LogP contribution in [0.1, 0.15) is 31.2 Å². The number of carboxylic acid groups (broad SMARTS) is 1. The summed E-state index contributed by atoms with van der Waals surface area (Å²) in [7, 11) is 0. The fourth-order valence-electron chi connectivity index (χ4n) is 2.46. The molecule has 0 bridgehead atoms. The molecule has 98 valence electrons. The van der Waals surface area contributed by atoms with Gasteiger partial charge in [0, 0.05) is 17.6 Å². The fourth-order valence-corrected chi connectivity index (χ4v) is 2.59. The lowest BCUT2D eigenvalue weighted by molar-refractivity contribution is -0.143. The molecule has 2 atom stereocenters. The van der Waals surface area contributed by atoms with Crippen LogP contribution in [0.3, 0.4) is 0 Å². The highest BCUT2D eigenvalue weighted by atomic mass is 35.5. The molecular weight excluding hydrogens is 250 g/mol. The topological polar surface area (TPSA) is 49.3 Å². The lowest BCUT2D eigenvalue weighted by Crippen LogP contribution is -2.36. The molecule has 0 radical (unpaired) electrons. The number of nitrogens with one attached hydrogen (secondary N) is 1. The van der Waals surface area contributed by atoms with E-state index in [1.54, 1.807) is 0 Å².